The van der Waals surface area contributed by atoms with Crippen molar-refractivity contribution in [1.82, 2.24) is 4.90 Å². The molecule has 0 saturated carbocycles. The van der Waals surface area contributed by atoms with Crippen LogP contribution < -0.4 is 10.5 Å². The van der Waals surface area contributed by atoms with Crippen LogP contribution in [0.1, 0.15) is 21.5 Å². The predicted molar refractivity (Wildman–Crippen MR) is 81.0 cm³/mol. The Morgan fingerprint density at radius 3 is 2.90 bits per heavy atom. The van der Waals surface area contributed by atoms with Gasteiger partial charge in [0, 0.05) is 24.2 Å². The number of fused-ring (bicyclic) bond motifs is 1. The molecular weight excluding hydrogens is 264 g/mol. The predicted octanol–water partition coefficient (Wildman–Crippen LogP) is 2.18. The third kappa shape index (κ3) is 2.90. The SMILES string of the molecule is NCc1cccc(C(=O)N2CCOc3ccccc3C2)c1. The molecule has 0 unspecified atom stereocenters. The maximum atomic E-state index is 12.7. The third-order valence-electron chi connectivity index (χ3n) is 3.65. The summed E-state index contributed by atoms with van der Waals surface area (Å²) in [5, 5.41) is 0. The van der Waals surface area contributed by atoms with Crippen LogP contribution in [0.15, 0.2) is 48.5 Å². The molecule has 21 heavy (non-hydrogen) atoms. The van der Waals surface area contributed by atoms with Gasteiger partial charge in [-0.25, -0.2) is 0 Å². The van der Waals surface area contributed by atoms with E-state index >= 15 is 0 Å². The van der Waals surface area contributed by atoms with Gasteiger partial charge in [-0.1, -0.05) is 30.3 Å². The summed E-state index contributed by atoms with van der Waals surface area (Å²) in [7, 11) is 0. The van der Waals surface area contributed by atoms with Crippen LogP contribution in [0.3, 0.4) is 0 Å². The zero-order valence-electron chi connectivity index (χ0n) is 11.8. The number of carbonyl (C=O) groups excluding carboxylic acids is 1. The average Bonchev–Trinajstić information content (AvgIpc) is 2.76. The molecule has 0 aromatic heterocycles. The summed E-state index contributed by atoms with van der Waals surface area (Å²) in [6, 6.07) is 15.3. The van der Waals surface area contributed by atoms with E-state index in [1.54, 1.807) is 0 Å². The molecule has 1 aliphatic rings. The maximum Gasteiger partial charge on any atom is 0.254 e. The molecule has 4 heteroatoms. The zero-order valence-corrected chi connectivity index (χ0v) is 11.8. The Hall–Kier alpha value is -2.33. The minimum Gasteiger partial charge on any atom is -0.491 e. The molecule has 0 spiro atoms. The van der Waals surface area contributed by atoms with Crippen LogP contribution in [0.2, 0.25) is 0 Å². The van der Waals surface area contributed by atoms with Crippen molar-refractivity contribution in [2.75, 3.05) is 13.2 Å². The Labute approximate surface area is 124 Å². The van der Waals surface area contributed by atoms with Gasteiger partial charge in [0.25, 0.3) is 5.91 Å². The molecule has 4 nitrogen and oxygen atoms in total. The van der Waals surface area contributed by atoms with Crippen LogP contribution in [-0.4, -0.2) is 24.0 Å². The van der Waals surface area contributed by atoms with E-state index in [2.05, 4.69) is 0 Å². The third-order valence-corrected chi connectivity index (χ3v) is 3.65. The smallest absolute Gasteiger partial charge is 0.254 e. The van der Waals surface area contributed by atoms with E-state index in [1.165, 1.54) is 0 Å². The number of carbonyl (C=O) groups is 1. The minimum atomic E-state index is 0.0191. The lowest BCUT2D eigenvalue weighted by atomic mass is 10.1. The molecule has 0 fully saturated rings. The molecule has 1 heterocycles. The zero-order chi connectivity index (χ0) is 14.7. The van der Waals surface area contributed by atoms with Gasteiger partial charge in [0.1, 0.15) is 12.4 Å². The summed E-state index contributed by atoms with van der Waals surface area (Å²) >= 11 is 0. The van der Waals surface area contributed by atoms with Gasteiger partial charge >= 0.3 is 0 Å². The first-order valence-electron chi connectivity index (χ1n) is 7.07. The number of para-hydroxylation sites is 1. The first-order valence-corrected chi connectivity index (χ1v) is 7.07. The Bertz CT molecular complexity index is 655. The van der Waals surface area contributed by atoms with Crippen LogP contribution in [0, 0.1) is 0 Å². The molecule has 0 radical (unpaired) electrons. The molecule has 2 aromatic carbocycles. The van der Waals surface area contributed by atoms with E-state index in [1.807, 2.05) is 53.4 Å². The second kappa shape index (κ2) is 5.97. The van der Waals surface area contributed by atoms with Crippen molar-refractivity contribution >= 4 is 5.91 Å². The summed E-state index contributed by atoms with van der Waals surface area (Å²) in [5.41, 5.74) is 8.32. The highest BCUT2D eigenvalue weighted by Gasteiger charge is 2.20. The van der Waals surface area contributed by atoms with Crippen molar-refractivity contribution in [2.45, 2.75) is 13.1 Å². The summed E-state index contributed by atoms with van der Waals surface area (Å²) in [6.07, 6.45) is 0. The molecule has 1 amide bonds. The fourth-order valence-electron chi connectivity index (χ4n) is 2.51. The number of nitrogens with zero attached hydrogens (tertiary/aromatic N) is 1. The fraction of sp³-hybridized carbons (Fsp3) is 0.235. The molecule has 0 saturated heterocycles. The van der Waals surface area contributed by atoms with Gasteiger partial charge in [-0.05, 0) is 23.8 Å². The topological polar surface area (TPSA) is 55.6 Å². The summed E-state index contributed by atoms with van der Waals surface area (Å²) in [6.45, 7) is 2.11. The first kappa shape index (κ1) is 13.6. The van der Waals surface area contributed by atoms with E-state index in [9.17, 15) is 4.79 Å². The highest BCUT2D eigenvalue weighted by atomic mass is 16.5. The van der Waals surface area contributed by atoms with Crippen LogP contribution in [-0.2, 0) is 13.1 Å². The lowest BCUT2D eigenvalue weighted by Gasteiger charge is -2.20. The second-order valence-electron chi connectivity index (χ2n) is 5.09. The molecule has 0 aliphatic carbocycles. The Balaban J connectivity index is 1.84. The molecule has 108 valence electrons. The molecule has 0 bridgehead atoms. The van der Waals surface area contributed by atoms with Crippen molar-refractivity contribution in [1.29, 1.82) is 0 Å². The fourth-order valence-corrected chi connectivity index (χ4v) is 2.51. The van der Waals surface area contributed by atoms with Crippen molar-refractivity contribution < 1.29 is 9.53 Å². The van der Waals surface area contributed by atoms with Crippen molar-refractivity contribution in [3.05, 3.63) is 65.2 Å². The first-order chi connectivity index (χ1) is 10.3. The van der Waals surface area contributed by atoms with Gasteiger partial charge < -0.3 is 15.4 Å². The maximum absolute atomic E-state index is 12.7. The number of hydrogen-bond acceptors (Lipinski definition) is 3. The quantitative estimate of drug-likeness (QED) is 0.918. The van der Waals surface area contributed by atoms with Crippen LogP contribution in [0.25, 0.3) is 0 Å². The summed E-state index contributed by atoms with van der Waals surface area (Å²) < 4.78 is 5.70. The van der Waals surface area contributed by atoms with Crippen molar-refractivity contribution in [3.8, 4) is 5.75 Å². The van der Waals surface area contributed by atoms with Gasteiger partial charge in [-0.2, -0.15) is 0 Å². The Morgan fingerprint density at radius 2 is 2.05 bits per heavy atom. The van der Waals surface area contributed by atoms with Crippen molar-refractivity contribution in [3.63, 3.8) is 0 Å². The molecule has 2 N–H and O–H groups in total. The molecular formula is C17H18N2O2. The molecule has 1 aliphatic heterocycles. The van der Waals surface area contributed by atoms with E-state index in [4.69, 9.17) is 10.5 Å². The van der Waals surface area contributed by atoms with Gasteiger partial charge in [0.05, 0.1) is 6.54 Å². The lowest BCUT2D eigenvalue weighted by Crippen LogP contribution is -2.32. The molecule has 0 atom stereocenters. The standard InChI is InChI=1S/C17H18N2O2/c18-11-13-4-3-6-14(10-13)17(20)19-8-9-21-16-7-2-1-5-15(16)12-19/h1-7,10H,8-9,11-12,18H2. The number of hydrogen-bond donors (Lipinski definition) is 1. The Morgan fingerprint density at radius 1 is 1.19 bits per heavy atom. The average molecular weight is 282 g/mol. The number of nitrogens with two attached hydrogens (primary N) is 1. The molecule has 2 aromatic rings. The molecule has 3 rings (SSSR count). The Kier molecular flexibility index (Phi) is 3.88. The largest absolute Gasteiger partial charge is 0.491 e. The lowest BCUT2D eigenvalue weighted by molar-refractivity contribution is 0.0733. The van der Waals surface area contributed by atoms with E-state index in [0.29, 0.717) is 31.8 Å². The van der Waals surface area contributed by atoms with Crippen LogP contribution in [0.5, 0.6) is 5.75 Å². The van der Waals surface area contributed by atoms with E-state index in [0.717, 1.165) is 16.9 Å². The van der Waals surface area contributed by atoms with Crippen molar-refractivity contribution in [2.24, 2.45) is 5.73 Å². The summed E-state index contributed by atoms with van der Waals surface area (Å²) in [5.74, 6) is 0.883. The number of ether oxygens (including phenoxy) is 1. The number of amides is 1. The highest BCUT2D eigenvalue weighted by molar-refractivity contribution is 5.94. The number of rotatable bonds is 2. The van der Waals surface area contributed by atoms with E-state index in [-0.39, 0.29) is 5.91 Å². The van der Waals surface area contributed by atoms with Crippen LogP contribution >= 0.6 is 0 Å². The second-order valence-corrected chi connectivity index (χ2v) is 5.09. The number of benzene rings is 2. The van der Waals surface area contributed by atoms with Crippen LogP contribution in [0.4, 0.5) is 0 Å². The van der Waals surface area contributed by atoms with Gasteiger partial charge in [0.15, 0.2) is 0 Å². The monoisotopic (exact) mass is 282 g/mol. The minimum absolute atomic E-state index is 0.0191. The normalized spacial score (nSPS) is 14.0. The van der Waals surface area contributed by atoms with E-state index < -0.39 is 0 Å². The highest BCUT2D eigenvalue weighted by Crippen LogP contribution is 2.23. The van der Waals surface area contributed by atoms with Gasteiger partial charge in [-0.15, -0.1) is 0 Å². The van der Waals surface area contributed by atoms with Gasteiger partial charge in [0.2, 0.25) is 0 Å². The van der Waals surface area contributed by atoms with Gasteiger partial charge in [-0.3, -0.25) is 4.79 Å². The summed E-state index contributed by atoms with van der Waals surface area (Å²) in [4.78, 5) is 14.5.